The average molecular weight is 283 g/mol. The van der Waals surface area contributed by atoms with Gasteiger partial charge in [-0.25, -0.2) is 9.97 Å². The summed E-state index contributed by atoms with van der Waals surface area (Å²) in [4.78, 5) is 8.17. The van der Waals surface area contributed by atoms with E-state index in [-0.39, 0.29) is 0 Å². The number of rotatable bonds is 3. The lowest BCUT2D eigenvalue weighted by Gasteiger charge is -2.12. The summed E-state index contributed by atoms with van der Waals surface area (Å²) in [5.41, 5.74) is 1.29. The molecule has 0 saturated carbocycles. The van der Waals surface area contributed by atoms with Crippen molar-refractivity contribution < 1.29 is 5.11 Å². The van der Waals surface area contributed by atoms with Crippen molar-refractivity contribution in [3.8, 4) is 0 Å². The topological polar surface area (TPSA) is 46.0 Å². The average Bonchev–Trinajstić information content (AvgIpc) is 2.34. The van der Waals surface area contributed by atoms with Gasteiger partial charge in [0, 0.05) is 22.7 Å². The highest BCUT2D eigenvalue weighted by Gasteiger charge is 2.14. The van der Waals surface area contributed by atoms with Crippen molar-refractivity contribution in [1.82, 2.24) is 9.97 Å². The van der Waals surface area contributed by atoms with Crippen molar-refractivity contribution in [2.24, 2.45) is 0 Å². The van der Waals surface area contributed by atoms with Gasteiger partial charge >= 0.3 is 0 Å². The zero-order valence-corrected chi connectivity index (χ0v) is 11.3. The van der Waals surface area contributed by atoms with Crippen LogP contribution in [-0.2, 0) is 6.42 Å². The van der Waals surface area contributed by atoms with E-state index in [0.29, 0.717) is 28.0 Å². The maximum atomic E-state index is 10.1. The Kier molecular flexibility index (Phi) is 4.17. The van der Waals surface area contributed by atoms with Gasteiger partial charge in [-0.05, 0) is 30.7 Å². The molecule has 0 fully saturated rings. The summed E-state index contributed by atoms with van der Waals surface area (Å²) in [6.07, 6.45) is 1.20. The lowest BCUT2D eigenvalue weighted by Crippen LogP contribution is -2.06. The van der Waals surface area contributed by atoms with Crippen LogP contribution < -0.4 is 0 Å². The molecule has 5 heteroatoms. The van der Waals surface area contributed by atoms with Gasteiger partial charge in [-0.1, -0.05) is 29.3 Å². The van der Waals surface area contributed by atoms with Crippen LogP contribution in [0.4, 0.5) is 0 Å². The van der Waals surface area contributed by atoms with Gasteiger partial charge in [-0.3, -0.25) is 0 Å². The molecule has 0 aliphatic rings. The zero-order valence-electron chi connectivity index (χ0n) is 9.77. The van der Waals surface area contributed by atoms with Crippen molar-refractivity contribution >= 4 is 23.2 Å². The third-order valence-electron chi connectivity index (χ3n) is 2.60. The second-order valence-electron chi connectivity index (χ2n) is 3.95. The second-order valence-corrected chi connectivity index (χ2v) is 4.76. The van der Waals surface area contributed by atoms with Crippen LogP contribution in [0.3, 0.4) is 0 Å². The number of aliphatic hydroxyl groups excluding tert-OH is 1. The summed E-state index contributed by atoms with van der Waals surface area (Å²) in [6.45, 7) is 1.78. The molecule has 1 N–H and O–H groups in total. The van der Waals surface area contributed by atoms with Crippen molar-refractivity contribution in [3.63, 3.8) is 0 Å². The quantitative estimate of drug-likeness (QED) is 0.939. The molecule has 1 aromatic heterocycles. The van der Waals surface area contributed by atoms with Gasteiger partial charge < -0.3 is 5.11 Å². The summed E-state index contributed by atoms with van der Waals surface area (Å²) in [5, 5.41) is 11.2. The Balaban J connectivity index is 2.24. The molecular formula is C13H12Cl2N2O. The standard InChI is InChI=1S/C13H12Cl2N2O/c1-8-16-6-5-12(17-8)13(18)7-9-10(14)3-2-4-11(9)15/h2-6,13,18H,7H2,1H3. The Morgan fingerprint density at radius 1 is 1.22 bits per heavy atom. The van der Waals surface area contributed by atoms with Crippen LogP contribution in [-0.4, -0.2) is 15.1 Å². The minimum absolute atomic E-state index is 0.328. The fraction of sp³-hybridized carbons (Fsp3) is 0.231. The highest BCUT2D eigenvalue weighted by atomic mass is 35.5. The fourth-order valence-corrected chi connectivity index (χ4v) is 2.24. The number of aromatic nitrogens is 2. The van der Waals surface area contributed by atoms with Gasteiger partial charge in [-0.15, -0.1) is 0 Å². The van der Waals surface area contributed by atoms with E-state index in [1.165, 1.54) is 0 Å². The first-order valence-corrected chi connectivity index (χ1v) is 6.24. The molecule has 1 unspecified atom stereocenters. The first kappa shape index (κ1) is 13.3. The minimum atomic E-state index is -0.746. The van der Waals surface area contributed by atoms with Crippen molar-refractivity contribution in [1.29, 1.82) is 0 Å². The van der Waals surface area contributed by atoms with Gasteiger partial charge in [-0.2, -0.15) is 0 Å². The molecule has 1 atom stereocenters. The maximum Gasteiger partial charge on any atom is 0.125 e. The Morgan fingerprint density at radius 2 is 1.89 bits per heavy atom. The molecule has 0 aliphatic heterocycles. The molecule has 2 aromatic rings. The Bertz CT molecular complexity index is 540. The molecule has 2 rings (SSSR count). The van der Waals surface area contributed by atoms with Crippen LogP contribution in [0.25, 0.3) is 0 Å². The van der Waals surface area contributed by atoms with E-state index in [1.54, 1.807) is 37.4 Å². The van der Waals surface area contributed by atoms with E-state index in [9.17, 15) is 5.11 Å². The Hall–Kier alpha value is -1.16. The summed E-state index contributed by atoms with van der Waals surface area (Å²) in [5.74, 6) is 0.622. The molecule has 0 amide bonds. The first-order chi connectivity index (χ1) is 8.58. The SMILES string of the molecule is Cc1nccc(C(O)Cc2c(Cl)cccc2Cl)n1. The Morgan fingerprint density at radius 3 is 2.50 bits per heavy atom. The van der Waals surface area contributed by atoms with Crippen LogP contribution in [0, 0.1) is 6.92 Å². The van der Waals surface area contributed by atoms with Gasteiger partial charge in [0.2, 0.25) is 0 Å². The summed E-state index contributed by atoms with van der Waals surface area (Å²) < 4.78 is 0. The molecule has 0 aliphatic carbocycles. The van der Waals surface area contributed by atoms with Gasteiger partial charge in [0.05, 0.1) is 5.69 Å². The molecule has 94 valence electrons. The third-order valence-corrected chi connectivity index (χ3v) is 3.31. The van der Waals surface area contributed by atoms with Gasteiger partial charge in [0.1, 0.15) is 11.9 Å². The molecular weight excluding hydrogens is 271 g/mol. The van der Waals surface area contributed by atoms with Gasteiger partial charge in [0.15, 0.2) is 0 Å². The zero-order chi connectivity index (χ0) is 13.1. The number of hydrogen-bond acceptors (Lipinski definition) is 3. The Labute approximate surface area is 115 Å². The molecule has 0 radical (unpaired) electrons. The van der Waals surface area contributed by atoms with Crippen molar-refractivity contribution in [2.75, 3.05) is 0 Å². The number of aryl methyl sites for hydroxylation is 1. The number of nitrogens with zero attached hydrogens (tertiary/aromatic N) is 2. The summed E-state index contributed by atoms with van der Waals surface area (Å²) >= 11 is 12.1. The van der Waals surface area contributed by atoms with Crippen LogP contribution in [0.15, 0.2) is 30.5 Å². The molecule has 3 nitrogen and oxygen atoms in total. The van der Waals surface area contributed by atoms with E-state index in [0.717, 1.165) is 5.56 Å². The van der Waals surface area contributed by atoms with Gasteiger partial charge in [0.25, 0.3) is 0 Å². The highest BCUT2D eigenvalue weighted by molar-refractivity contribution is 6.35. The molecule has 0 saturated heterocycles. The van der Waals surface area contributed by atoms with E-state index >= 15 is 0 Å². The largest absolute Gasteiger partial charge is 0.386 e. The van der Waals surface area contributed by atoms with Crippen LogP contribution in [0.5, 0.6) is 0 Å². The fourth-order valence-electron chi connectivity index (χ4n) is 1.69. The van der Waals surface area contributed by atoms with E-state index < -0.39 is 6.10 Å². The smallest absolute Gasteiger partial charge is 0.125 e. The van der Waals surface area contributed by atoms with Crippen LogP contribution in [0.2, 0.25) is 10.0 Å². The van der Waals surface area contributed by atoms with E-state index in [2.05, 4.69) is 9.97 Å². The monoisotopic (exact) mass is 282 g/mol. The predicted octanol–water partition coefficient (Wildman–Crippen LogP) is 3.37. The van der Waals surface area contributed by atoms with E-state index in [1.807, 2.05) is 0 Å². The van der Waals surface area contributed by atoms with Crippen molar-refractivity contribution in [2.45, 2.75) is 19.4 Å². The van der Waals surface area contributed by atoms with Crippen molar-refractivity contribution in [3.05, 3.63) is 57.6 Å². The maximum absolute atomic E-state index is 10.1. The normalized spacial score (nSPS) is 12.4. The second kappa shape index (κ2) is 5.65. The number of halogens is 2. The molecule has 1 aromatic carbocycles. The van der Waals surface area contributed by atoms with E-state index in [4.69, 9.17) is 23.2 Å². The molecule has 18 heavy (non-hydrogen) atoms. The molecule has 0 bridgehead atoms. The van der Waals surface area contributed by atoms with Crippen LogP contribution >= 0.6 is 23.2 Å². The summed E-state index contributed by atoms with van der Waals surface area (Å²) in [7, 11) is 0. The number of benzene rings is 1. The summed E-state index contributed by atoms with van der Waals surface area (Å²) in [6, 6.07) is 6.96. The van der Waals surface area contributed by atoms with Crippen LogP contribution in [0.1, 0.15) is 23.2 Å². The lowest BCUT2D eigenvalue weighted by molar-refractivity contribution is 0.173. The first-order valence-electron chi connectivity index (χ1n) is 5.48. The molecule has 0 spiro atoms. The predicted molar refractivity (Wildman–Crippen MR) is 71.9 cm³/mol. The number of hydrogen-bond donors (Lipinski definition) is 1. The minimum Gasteiger partial charge on any atom is -0.386 e. The number of aliphatic hydroxyl groups is 1. The highest BCUT2D eigenvalue weighted by Crippen LogP contribution is 2.28. The lowest BCUT2D eigenvalue weighted by atomic mass is 10.1. The third kappa shape index (κ3) is 2.99. The molecule has 1 heterocycles.